The lowest BCUT2D eigenvalue weighted by atomic mass is 9.57. The van der Waals surface area contributed by atoms with E-state index in [-0.39, 0.29) is 23.3 Å². The molecule has 3 heterocycles. The van der Waals surface area contributed by atoms with Crippen LogP contribution in [0.4, 0.5) is 5.82 Å². The van der Waals surface area contributed by atoms with Gasteiger partial charge in [-0.3, -0.25) is 14.0 Å². The van der Waals surface area contributed by atoms with Crippen molar-refractivity contribution in [2.24, 2.45) is 17.3 Å². The standard InChI is InChI=1S/C27H38N4O3/c1-3-19-13-20-7-5-11-27(14-19,15-20)16-25(32)29-24-10-4-9-23-28-22(18-31(23)24)26(33)30-12-6-8-21(17-30)34-2/h4,9-10,18-21H,3,5-8,11-17H2,1-2H3,(H,29,32). The van der Waals surface area contributed by atoms with Crippen molar-refractivity contribution in [1.82, 2.24) is 14.3 Å². The maximum Gasteiger partial charge on any atom is 0.274 e. The summed E-state index contributed by atoms with van der Waals surface area (Å²) < 4.78 is 7.30. The van der Waals surface area contributed by atoms with E-state index < -0.39 is 0 Å². The quantitative estimate of drug-likeness (QED) is 0.656. The molecule has 0 spiro atoms. The number of nitrogens with one attached hydrogen (secondary N) is 1. The van der Waals surface area contributed by atoms with Crippen molar-refractivity contribution in [3.05, 3.63) is 30.1 Å². The first-order chi connectivity index (χ1) is 16.5. The van der Waals surface area contributed by atoms with Crippen LogP contribution in [-0.2, 0) is 9.53 Å². The number of nitrogens with zero attached hydrogens (tertiary/aromatic N) is 3. The van der Waals surface area contributed by atoms with Gasteiger partial charge in [-0.1, -0.05) is 32.3 Å². The lowest BCUT2D eigenvalue weighted by Crippen LogP contribution is -2.43. The van der Waals surface area contributed by atoms with E-state index in [1.807, 2.05) is 27.5 Å². The molecule has 2 bridgehead atoms. The summed E-state index contributed by atoms with van der Waals surface area (Å²) in [5.41, 5.74) is 1.23. The number of imidazole rings is 1. The molecule has 7 heteroatoms. The molecular formula is C27H38N4O3. The molecule has 4 atom stereocenters. The number of hydrogen-bond donors (Lipinski definition) is 1. The van der Waals surface area contributed by atoms with Gasteiger partial charge in [0.1, 0.15) is 17.2 Å². The van der Waals surface area contributed by atoms with Gasteiger partial charge in [0, 0.05) is 32.8 Å². The maximum absolute atomic E-state index is 13.2. The molecule has 2 amide bonds. The van der Waals surface area contributed by atoms with Gasteiger partial charge in [-0.15, -0.1) is 0 Å². The zero-order valence-corrected chi connectivity index (χ0v) is 20.6. The number of carbonyl (C=O) groups is 2. The number of piperidine rings is 1. The molecule has 2 aromatic rings. The van der Waals surface area contributed by atoms with E-state index in [4.69, 9.17) is 4.74 Å². The lowest BCUT2D eigenvalue weighted by molar-refractivity contribution is -0.120. The minimum Gasteiger partial charge on any atom is -0.380 e. The van der Waals surface area contributed by atoms with Gasteiger partial charge < -0.3 is 15.0 Å². The van der Waals surface area contributed by atoms with Crippen molar-refractivity contribution < 1.29 is 14.3 Å². The molecule has 3 fully saturated rings. The summed E-state index contributed by atoms with van der Waals surface area (Å²) in [6, 6.07) is 5.65. The highest BCUT2D eigenvalue weighted by Crippen LogP contribution is 2.53. The van der Waals surface area contributed by atoms with E-state index in [1.165, 1.54) is 44.9 Å². The smallest absolute Gasteiger partial charge is 0.274 e. The van der Waals surface area contributed by atoms with Crippen LogP contribution in [0, 0.1) is 17.3 Å². The predicted molar refractivity (Wildman–Crippen MR) is 132 cm³/mol. The largest absolute Gasteiger partial charge is 0.380 e. The Balaban J connectivity index is 1.31. The lowest BCUT2D eigenvalue weighted by Gasteiger charge is -2.48. The average molecular weight is 467 g/mol. The van der Waals surface area contributed by atoms with Crippen LogP contribution >= 0.6 is 0 Å². The second-order valence-corrected chi connectivity index (χ2v) is 10.9. The van der Waals surface area contributed by atoms with Gasteiger partial charge in [0.2, 0.25) is 5.91 Å². The van der Waals surface area contributed by atoms with Gasteiger partial charge in [-0.05, 0) is 67.9 Å². The predicted octanol–water partition coefficient (Wildman–Crippen LogP) is 4.91. The molecule has 4 unspecified atom stereocenters. The molecule has 2 aliphatic carbocycles. The van der Waals surface area contributed by atoms with E-state index in [0.717, 1.165) is 31.2 Å². The first-order valence-corrected chi connectivity index (χ1v) is 13.1. The summed E-state index contributed by atoms with van der Waals surface area (Å²) in [6.07, 6.45) is 13.0. The Hall–Kier alpha value is -2.41. The van der Waals surface area contributed by atoms with Crippen molar-refractivity contribution in [1.29, 1.82) is 0 Å². The van der Waals surface area contributed by atoms with Crippen molar-refractivity contribution in [3.8, 4) is 0 Å². The van der Waals surface area contributed by atoms with Gasteiger partial charge in [0.25, 0.3) is 5.91 Å². The number of aromatic nitrogens is 2. The zero-order valence-electron chi connectivity index (χ0n) is 20.6. The van der Waals surface area contributed by atoms with Crippen LogP contribution in [0.2, 0.25) is 0 Å². The van der Waals surface area contributed by atoms with Crippen molar-refractivity contribution in [2.75, 3.05) is 25.5 Å². The topological polar surface area (TPSA) is 75.9 Å². The minimum absolute atomic E-state index is 0.0745. The van der Waals surface area contributed by atoms with Crippen LogP contribution in [0.1, 0.15) is 81.6 Å². The van der Waals surface area contributed by atoms with E-state index in [1.54, 1.807) is 13.3 Å². The molecule has 1 N–H and O–H groups in total. The first-order valence-electron chi connectivity index (χ1n) is 13.1. The monoisotopic (exact) mass is 466 g/mol. The summed E-state index contributed by atoms with van der Waals surface area (Å²) in [5.74, 6) is 2.21. The third kappa shape index (κ3) is 4.72. The van der Waals surface area contributed by atoms with Crippen molar-refractivity contribution in [2.45, 2.75) is 77.2 Å². The first kappa shape index (κ1) is 23.3. The third-order valence-electron chi connectivity index (χ3n) is 8.52. The highest BCUT2D eigenvalue weighted by atomic mass is 16.5. The highest BCUT2D eigenvalue weighted by Gasteiger charge is 2.43. The van der Waals surface area contributed by atoms with Crippen LogP contribution in [0.3, 0.4) is 0 Å². The summed E-state index contributed by atoms with van der Waals surface area (Å²) in [5, 5.41) is 3.15. The van der Waals surface area contributed by atoms with E-state index in [9.17, 15) is 9.59 Å². The fourth-order valence-corrected chi connectivity index (χ4v) is 6.90. The van der Waals surface area contributed by atoms with Crippen molar-refractivity contribution in [3.63, 3.8) is 0 Å². The molecule has 0 radical (unpaired) electrons. The molecule has 1 saturated heterocycles. The Bertz CT molecular complexity index is 1050. The van der Waals surface area contributed by atoms with E-state index in [2.05, 4.69) is 17.2 Å². The molecule has 184 valence electrons. The van der Waals surface area contributed by atoms with Crippen LogP contribution in [-0.4, -0.2) is 52.4 Å². The normalized spacial score (nSPS) is 29.2. The average Bonchev–Trinajstić information content (AvgIpc) is 3.28. The van der Waals surface area contributed by atoms with E-state index in [0.29, 0.717) is 30.1 Å². The zero-order chi connectivity index (χ0) is 23.7. The van der Waals surface area contributed by atoms with Crippen LogP contribution in [0.25, 0.3) is 5.65 Å². The molecule has 3 aliphatic rings. The van der Waals surface area contributed by atoms with Gasteiger partial charge >= 0.3 is 0 Å². The molecular weight excluding hydrogens is 428 g/mol. The Morgan fingerprint density at radius 1 is 1.24 bits per heavy atom. The third-order valence-corrected chi connectivity index (χ3v) is 8.52. The molecule has 2 aromatic heterocycles. The van der Waals surface area contributed by atoms with E-state index >= 15 is 0 Å². The van der Waals surface area contributed by atoms with Crippen LogP contribution < -0.4 is 5.32 Å². The number of anilines is 1. The van der Waals surface area contributed by atoms with Crippen molar-refractivity contribution >= 4 is 23.3 Å². The van der Waals surface area contributed by atoms with Gasteiger partial charge in [-0.25, -0.2) is 4.98 Å². The number of rotatable bonds is 6. The Morgan fingerprint density at radius 3 is 2.94 bits per heavy atom. The molecule has 2 saturated carbocycles. The van der Waals surface area contributed by atoms with Gasteiger partial charge in [0.05, 0.1) is 6.10 Å². The SMILES string of the molecule is CCC1CC2CCCC(CC(=O)Nc3cccc4nc(C(=O)N5CCCC(OC)C5)cn34)(C1)C2. The van der Waals surface area contributed by atoms with Gasteiger partial charge in [-0.2, -0.15) is 0 Å². The van der Waals surface area contributed by atoms with Crippen LogP contribution in [0.15, 0.2) is 24.4 Å². The fraction of sp³-hybridized carbons (Fsp3) is 0.667. The second-order valence-electron chi connectivity index (χ2n) is 10.9. The second kappa shape index (κ2) is 9.68. The number of ether oxygens (including phenoxy) is 1. The molecule has 0 aromatic carbocycles. The number of hydrogen-bond acceptors (Lipinski definition) is 4. The number of methoxy groups -OCH3 is 1. The number of fused-ring (bicyclic) bond motifs is 3. The number of pyridine rings is 1. The highest BCUT2D eigenvalue weighted by molar-refractivity contribution is 5.94. The van der Waals surface area contributed by atoms with Crippen LogP contribution in [0.5, 0.6) is 0 Å². The Morgan fingerprint density at radius 2 is 2.12 bits per heavy atom. The summed E-state index contributed by atoms with van der Waals surface area (Å²) >= 11 is 0. The molecule has 5 rings (SSSR count). The number of amides is 2. The molecule has 1 aliphatic heterocycles. The Kier molecular flexibility index (Phi) is 6.65. The molecule has 7 nitrogen and oxygen atoms in total. The number of likely N-dealkylation sites (tertiary alicyclic amines) is 1. The van der Waals surface area contributed by atoms with Gasteiger partial charge in [0.15, 0.2) is 0 Å². The molecule has 34 heavy (non-hydrogen) atoms. The fourth-order valence-electron chi connectivity index (χ4n) is 6.90. The number of carbonyl (C=O) groups excluding carboxylic acids is 2. The summed E-state index contributed by atoms with van der Waals surface area (Å²) in [4.78, 5) is 32.7. The summed E-state index contributed by atoms with van der Waals surface area (Å²) in [7, 11) is 1.70. The minimum atomic E-state index is -0.0809. The summed E-state index contributed by atoms with van der Waals surface area (Å²) in [6.45, 7) is 3.60. The maximum atomic E-state index is 13.2. The Labute approximate surface area is 202 Å².